The first kappa shape index (κ1) is 8.56. The summed E-state index contributed by atoms with van der Waals surface area (Å²) in [6.45, 7) is 0. The van der Waals surface area contributed by atoms with Gasteiger partial charge >= 0.3 is 0 Å². The molecule has 0 radical (unpaired) electrons. The molecule has 9 heavy (non-hydrogen) atoms. The topological polar surface area (TPSA) is 28.4 Å². The van der Waals surface area contributed by atoms with E-state index >= 15 is 0 Å². The quantitative estimate of drug-likeness (QED) is 0.250. The molecule has 0 aliphatic carbocycles. The molecular formula is C6H10O2S. The van der Waals surface area contributed by atoms with Gasteiger partial charge in [0.25, 0.3) is 6.29 Å². The maximum Gasteiger partial charge on any atom is 0.265 e. The lowest BCUT2D eigenvalue weighted by Gasteiger charge is -1.85. The molecule has 0 N–H and O–H groups in total. The van der Waals surface area contributed by atoms with Crippen LogP contribution < -0.4 is 0 Å². The molecule has 0 rings (SSSR count). The average Bonchev–Trinajstić information content (AvgIpc) is 1.89. The minimum Gasteiger partial charge on any atom is -0.360 e. The Labute approximate surface area is 60.6 Å². The van der Waals surface area contributed by atoms with Crippen molar-refractivity contribution in [2.24, 2.45) is 0 Å². The molecule has 0 aliphatic rings. The Hall–Kier alpha value is -0.440. The fourth-order valence-electron chi connectivity index (χ4n) is 0.503. The molecule has 0 aliphatic heterocycles. The van der Waals surface area contributed by atoms with Crippen molar-refractivity contribution in [2.75, 3.05) is 0 Å². The summed E-state index contributed by atoms with van der Waals surface area (Å²) in [5, 5.41) is 0. The van der Waals surface area contributed by atoms with E-state index in [1.807, 2.05) is 0 Å². The van der Waals surface area contributed by atoms with E-state index in [4.69, 9.17) is 0 Å². The molecule has 2 nitrogen and oxygen atoms in total. The lowest BCUT2D eigenvalue weighted by atomic mass is 10.2. The first-order chi connectivity index (χ1) is 4.41. The fourth-order valence-corrected chi connectivity index (χ4v) is 0.600. The minimum absolute atomic E-state index is 0.644. The van der Waals surface area contributed by atoms with Crippen LogP contribution in [-0.2, 0) is 21.6 Å². The summed E-state index contributed by atoms with van der Waals surface area (Å²) >= 11 is 4.20. The van der Waals surface area contributed by atoms with Gasteiger partial charge in [0.2, 0.25) is 0 Å². The molecule has 3 heteroatoms. The van der Waals surface area contributed by atoms with Crippen molar-refractivity contribution >= 4 is 25.5 Å². The molecule has 0 unspecified atom stereocenters. The van der Waals surface area contributed by atoms with E-state index < -0.39 is 0 Å². The highest BCUT2D eigenvalue weighted by Gasteiger charge is 1.86. The maximum atomic E-state index is 9.78. The average molecular weight is 146 g/mol. The van der Waals surface area contributed by atoms with Crippen molar-refractivity contribution in [1.82, 2.24) is 0 Å². The second-order valence-corrected chi connectivity index (χ2v) is 1.91. The van der Waals surface area contributed by atoms with E-state index in [0.29, 0.717) is 6.42 Å². The molecule has 0 aromatic rings. The molecule has 0 saturated carbocycles. The van der Waals surface area contributed by atoms with Crippen molar-refractivity contribution in [3.05, 3.63) is 0 Å². The van der Waals surface area contributed by atoms with Gasteiger partial charge in [-0.3, -0.25) is 0 Å². The normalized spacial score (nSPS) is 10.2. The third-order valence-electron chi connectivity index (χ3n) is 0.962. The van der Waals surface area contributed by atoms with Crippen LogP contribution in [0.3, 0.4) is 0 Å². The molecule has 0 fully saturated rings. The van der Waals surface area contributed by atoms with Crippen LogP contribution in [0.5, 0.6) is 0 Å². The van der Waals surface area contributed by atoms with Crippen LogP contribution in [0.15, 0.2) is 0 Å². The van der Waals surface area contributed by atoms with E-state index in [0.717, 1.165) is 25.5 Å². The summed E-state index contributed by atoms with van der Waals surface area (Å²) < 4.78 is 4.29. The van der Waals surface area contributed by atoms with Crippen LogP contribution in [0.2, 0.25) is 0 Å². The van der Waals surface area contributed by atoms with Crippen molar-refractivity contribution in [3.8, 4) is 0 Å². The van der Waals surface area contributed by atoms with Gasteiger partial charge in [0.05, 0.1) is 6.42 Å². The van der Waals surface area contributed by atoms with Crippen LogP contribution >= 0.6 is 0 Å². The Morgan fingerprint density at radius 1 is 1.33 bits per heavy atom. The minimum atomic E-state index is 0.644. The van der Waals surface area contributed by atoms with Crippen LogP contribution in [0.1, 0.15) is 25.7 Å². The number of rotatable bonds is 5. The third kappa shape index (κ3) is 7.56. The lowest BCUT2D eigenvalue weighted by Crippen LogP contribution is -1.80. The van der Waals surface area contributed by atoms with Crippen LogP contribution in [-0.4, -0.2) is 12.6 Å². The Bertz CT molecular complexity index is 91.1. The highest BCUT2D eigenvalue weighted by molar-refractivity contribution is 7.50. The van der Waals surface area contributed by atoms with Gasteiger partial charge in [-0.15, -0.1) is 0 Å². The predicted octanol–water partition coefficient (Wildman–Crippen LogP) is 0.942. The number of hydrogen-bond acceptors (Lipinski definition) is 2. The summed E-state index contributed by atoms with van der Waals surface area (Å²) in [5.74, 6) is 0. The highest BCUT2D eigenvalue weighted by atomic mass is 32.1. The number of aldehydes is 2. The SMILES string of the molecule is O=CCCCCC=[O+][S-]. The monoisotopic (exact) mass is 146 g/mol. The molecule has 0 heterocycles. The van der Waals surface area contributed by atoms with Crippen LogP contribution in [0.4, 0.5) is 0 Å². The van der Waals surface area contributed by atoms with E-state index in [1.54, 1.807) is 6.29 Å². The molecule has 52 valence electrons. The van der Waals surface area contributed by atoms with Gasteiger partial charge in [0, 0.05) is 6.42 Å². The first-order valence-corrected chi connectivity index (χ1v) is 3.29. The van der Waals surface area contributed by atoms with E-state index in [9.17, 15) is 4.79 Å². The van der Waals surface area contributed by atoms with Crippen LogP contribution in [0, 0.1) is 0 Å². The molecule has 0 amide bonds. The van der Waals surface area contributed by atoms with Gasteiger partial charge in [0.1, 0.15) is 6.29 Å². The van der Waals surface area contributed by atoms with E-state index in [1.165, 1.54) is 0 Å². The van der Waals surface area contributed by atoms with E-state index in [-0.39, 0.29) is 0 Å². The third-order valence-corrected chi connectivity index (χ3v) is 1.10. The Balaban J connectivity index is 2.82. The van der Waals surface area contributed by atoms with E-state index in [2.05, 4.69) is 16.8 Å². The van der Waals surface area contributed by atoms with Crippen molar-refractivity contribution in [3.63, 3.8) is 0 Å². The Morgan fingerprint density at radius 3 is 2.56 bits per heavy atom. The van der Waals surface area contributed by atoms with Crippen molar-refractivity contribution in [2.45, 2.75) is 25.7 Å². The van der Waals surface area contributed by atoms with Crippen molar-refractivity contribution in [1.29, 1.82) is 0 Å². The van der Waals surface area contributed by atoms with Gasteiger partial charge in [-0.1, -0.05) is 0 Å². The van der Waals surface area contributed by atoms with Gasteiger partial charge < -0.3 is 8.67 Å². The Morgan fingerprint density at radius 2 is 2.00 bits per heavy atom. The molecule has 0 bridgehead atoms. The van der Waals surface area contributed by atoms with Gasteiger partial charge in [-0.25, -0.2) is 12.9 Å². The predicted molar refractivity (Wildman–Crippen MR) is 38.0 cm³/mol. The largest absolute Gasteiger partial charge is 0.360 e. The number of hydrogen-bond donors (Lipinski definition) is 0. The zero-order valence-corrected chi connectivity index (χ0v) is 6.02. The molecular weight excluding hydrogens is 136 g/mol. The van der Waals surface area contributed by atoms with Gasteiger partial charge in [0.15, 0.2) is 0 Å². The molecule has 0 aromatic heterocycles. The lowest BCUT2D eigenvalue weighted by molar-refractivity contribution is -0.235. The first-order valence-electron chi connectivity index (χ1n) is 2.95. The highest BCUT2D eigenvalue weighted by Crippen LogP contribution is 1.94. The number of unbranched alkanes of at least 4 members (excludes halogenated alkanes) is 3. The number of carbonyl (C=O) groups is 1. The zero-order valence-electron chi connectivity index (χ0n) is 5.21. The molecule has 0 aromatic carbocycles. The summed E-state index contributed by atoms with van der Waals surface area (Å²) in [7, 11) is 0. The maximum absolute atomic E-state index is 9.78. The molecule has 0 atom stereocenters. The summed E-state index contributed by atoms with van der Waals surface area (Å²) in [5.41, 5.74) is 0. The van der Waals surface area contributed by atoms with Gasteiger partial charge in [-0.05, 0) is 12.8 Å². The molecule has 0 saturated heterocycles. The Kier molecular flexibility index (Phi) is 7.19. The zero-order chi connectivity index (χ0) is 6.95. The summed E-state index contributed by atoms with van der Waals surface area (Å²) in [6, 6.07) is 0. The van der Waals surface area contributed by atoms with Crippen molar-refractivity contribution < 1.29 is 8.67 Å². The molecule has 0 spiro atoms. The smallest absolute Gasteiger partial charge is 0.265 e. The summed E-state index contributed by atoms with van der Waals surface area (Å²) in [6.07, 6.45) is 5.89. The fraction of sp³-hybridized carbons (Fsp3) is 0.667. The van der Waals surface area contributed by atoms with Crippen LogP contribution in [0.25, 0.3) is 0 Å². The second-order valence-electron chi connectivity index (χ2n) is 1.71. The standard InChI is InChI=1S/C6H10O2S/c7-5-3-1-2-4-6-8-9/h5-6H,1-4H2. The van der Waals surface area contributed by atoms with Gasteiger partial charge in [-0.2, -0.15) is 0 Å². The summed E-state index contributed by atoms with van der Waals surface area (Å²) in [4.78, 5) is 9.78. The number of carbonyl (C=O) groups excluding carboxylic acids is 2. The second kappa shape index (κ2) is 7.56.